The summed E-state index contributed by atoms with van der Waals surface area (Å²) in [5.41, 5.74) is 1.08. The van der Waals surface area contributed by atoms with E-state index in [9.17, 15) is 24.8 Å². The van der Waals surface area contributed by atoms with Crippen LogP contribution in [0.25, 0.3) is 21.2 Å². The maximum absolute atomic E-state index is 13.7. The molecule has 1 atom stereocenters. The number of benzene rings is 3. The zero-order valence-corrected chi connectivity index (χ0v) is 20.5. The summed E-state index contributed by atoms with van der Waals surface area (Å²) in [6.07, 6.45) is 0. The van der Waals surface area contributed by atoms with Gasteiger partial charge in [0, 0.05) is 17.5 Å². The van der Waals surface area contributed by atoms with Crippen LogP contribution in [0.2, 0.25) is 0 Å². The third-order valence-corrected chi connectivity index (χ3v) is 7.33. The van der Waals surface area contributed by atoms with Crippen LogP contribution in [0.1, 0.15) is 22.2 Å². The Hall–Kier alpha value is -5.03. The summed E-state index contributed by atoms with van der Waals surface area (Å²) >= 11 is 1.18. The number of rotatable bonds is 6. The second-order valence-corrected chi connectivity index (χ2v) is 9.51. The molecule has 1 aliphatic rings. The van der Waals surface area contributed by atoms with Gasteiger partial charge in [-0.1, -0.05) is 29.5 Å². The van der Waals surface area contributed by atoms with Gasteiger partial charge in [-0.2, -0.15) is 0 Å². The van der Waals surface area contributed by atoms with E-state index in [1.54, 1.807) is 48.5 Å². The zero-order chi connectivity index (χ0) is 26.6. The van der Waals surface area contributed by atoms with Crippen LogP contribution in [-0.4, -0.2) is 33.8 Å². The number of aliphatic hydroxyl groups excluding tert-OH is 1. The number of amides is 1. The molecule has 0 radical (unpaired) electrons. The predicted octanol–water partition coefficient (Wildman–Crippen LogP) is 5.74. The zero-order valence-electron chi connectivity index (χ0n) is 19.7. The van der Waals surface area contributed by atoms with Gasteiger partial charge in [-0.15, -0.1) is 0 Å². The van der Waals surface area contributed by atoms with Gasteiger partial charge in [-0.05, 0) is 48.0 Å². The quantitative estimate of drug-likeness (QED) is 0.168. The number of nitro groups is 1. The Labute approximate surface area is 218 Å². The number of Topliss-reactive ketones (excluding diaryl/α,β-unsaturated/α-hetero) is 1. The Morgan fingerprint density at radius 2 is 1.89 bits per heavy atom. The lowest BCUT2D eigenvalue weighted by atomic mass is 9.95. The van der Waals surface area contributed by atoms with E-state index in [4.69, 9.17) is 9.15 Å². The number of nitro benzene ring substituents is 1. The summed E-state index contributed by atoms with van der Waals surface area (Å²) < 4.78 is 11.7. The van der Waals surface area contributed by atoms with Crippen LogP contribution >= 0.6 is 11.3 Å². The van der Waals surface area contributed by atoms with E-state index in [1.807, 2.05) is 0 Å². The summed E-state index contributed by atoms with van der Waals surface area (Å²) in [5.74, 6) is -1.69. The molecule has 2 aromatic heterocycles. The van der Waals surface area contributed by atoms with E-state index < -0.39 is 28.4 Å². The normalized spacial score (nSPS) is 15.6. The molecule has 1 aliphatic heterocycles. The van der Waals surface area contributed by atoms with E-state index in [0.717, 1.165) is 4.70 Å². The number of methoxy groups -OCH3 is 1. The molecule has 0 aliphatic carbocycles. The van der Waals surface area contributed by atoms with Crippen LogP contribution < -0.4 is 9.64 Å². The highest BCUT2D eigenvalue weighted by Crippen LogP contribution is 2.45. The molecule has 188 valence electrons. The number of para-hydroxylation sites is 1. The second-order valence-electron chi connectivity index (χ2n) is 8.50. The van der Waals surface area contributed by atoms with E-state index in [2.05, 4.69) is 4.98 Å². The molecule has 11 heteroatoms. The molecule has 38 heavy (non-hydrogen) atoms. The average Bonchev–Trinajstić information content (AvgIpc) is 3.62. The first-order chi connectivity index (χ1) is 18.4. The van der Waals surface area contributed by atoms with Gasteiger partial charge in [0.25, 0.3) is 11.6 Å². The molecule has 0 spiro atoms. The second kappa shape index (κ2) is 8.82. The van der Waals surface area contributed by atoms with Gasteiger partial charge in [0.05, 0.1) is 33.9 Å². The van der Waals surface area contributed by atoms with Gasteiger partial charge in [0.15, 0.2) is 16.7 Å². The Kier molecular flexibility index (Phi) is 5.42. The van der Waals surface area contributed by atoms with Crippen LogP contribution in [0.5, 0.6) is 5.75 Å². The Balaban J connectivity index is 1.50. The number of ketones is 1. The molecule has 0 saturated carbocycles. The van der Waals surface area contributed by atoms with Gasteiger partial charge >= 0.3 is 0 Å². The van der Waals surface area contributed by atoms with Crippen LogP contribution in [0, 0.1) is 10.1 Å². The molecule has 3 aromatic carbocycles. The van der Waals surface area contributed by atoms with Crippen LogP contribution in [0.15, 0.2) is 88.5 Å². The molecule has 5 aromatic rings. The Morgan fingerprint density at radius 3 is 2.61 bits per heavy atom. The first kappa shape index (κ1) is 23.4. The fourth-order valence-electron chi connectivity index (χ4n) is 4.48. The molecule has 0 fully saturated rings. The molecule has 1 amide bonds. The summed E-state index contributed by atoms with van der Waals surface area (Å²) in [6, 6.07) is 18.2. The van der Waals surface area contributed by atoms with E-state index in [0.29, 0.717) is 27.8 Å². The number of furan rings is 1. The monoisotopic (exact) mass is 527 g/mol. The first-order valence-corrected chi connectivity index (χ1v) is 12.2. The molecule has 3 heterocycles. The molecule has 0 saturated heterocycles. The number of carbonyl (C=O) groups is 2. The number of hydrogen-bond donors (Lipinski definition) is 1. The number of fused-ring (bicyclic) bond motifs is 2. The van der Waals surface area contributed by atoms with Gasteiger partial charge < -0.3 is 14.3 Å². The third kappa shape index (κ3) is 3.68. The van der Waals surface area contributed by atoms with Crippen molar-refractivity contribution in [2.45, 2.75) is 6.04 Å². The lowest BCUT2D eigenvalue weighted by Gasteiger charge is -2.24. The number of carbonyl (C=O) groups excluding carboxylic acids is 2. The van der Waals surface area contributed by atoms with Crippen molar-refractivity contribution in [1.82, 2.24) is 4.98 Å². The molecule has 1 N–H and O–H groups in total. The van der Waals surface area contributed by atoms with Crippen molar-refractivity contribution in [2.24, 2.45) is 0 Å². The molecule has 6 rings (SSSR count). The van der Waals surface area contributed by atoms with Crippen molar-refractivity contribution in [2.75, 3.05) is 12.0 Å². The predicted molar refractivity (Wildman–Crippen MR) is 140 cm³/mol. The lowest BCUT2D eigenvalue weighted by molar-refractivity contribution is -0.384. The number of ether oxygens (including phenoxy) is 1. The number of non-ortho nitro benzene ring substituents is 1. The van der Waals surface area contributed by atoms with Crippen LogP contribution in [0.3, 0.4) is 0 Å². The fraction of sp³-hybridized carbons (Fsp3) is 0.0741. The largest absolute Gasteiger partial charge is 0.503 e. The van der Waals surface area contributed by atoms with E-state index in [-0.39, 0.29) is 22.2 Å². The highest BCUT2D eigenvalue weighted by Gasteiger charge is 2.46. The van der Waals surface area contributed by atoms with E-state index >= 15 is 0 Å². The standard InChI is InChI=1S/C27H17N3O7S/c1-36-17-10-11-18-21(13-17)38-27(28-18)29-23(14-6-8-16(9-7-14)30(34)35)22(25(32)26(29)33)24(31)20-12-15-4-2-3-5-19(15)37-20/h2-13,23,32H,1H3. The minimum atomic E-state index is -1.11. The Bertz CT molecular complexity index is 1770. The summed E-state index contributed by atoms with van der Waals surface area (Å²) in [5, 5.41) is 23.1. The van der Waals surface area contributed by atoms with Gasteiger partial charge in [-0.3, -0.25) is 24.6 Å². The van der Waals surface area contributed by atoms with Crippen molar-refractivity contribution in [1.29, 1.82) is 0 Å². The van der Waals surface area contributed by atoms with Gasteiger partial charge in [0.2, 0.25) is 5.78 Å². The van der Waals surface area contributed by atoms with E-state index in [1.165, 1.54) is 47.6 Å². The minimum absolute atomic E-state index is 0.0525. The van der Waals surface area contributed by atoms with Gasteiger partial charge in [0.1, 0.15) is 11.3 Å². The van der Waals surface area contributed by atoms with Crippen molar-refractivity contribution in [3.63, 3.8) is 0 Å². The molecular formula is C27H17N3O7S. The van der Waals surface area contributed by atoms with Crippen molar-refractivity contribution in [3.05, 3.63) is 106 Å². The van der Waals surface area contributed by atoms with Crippen LogP contribution in [-0.2, 0) is 4.79 Å². The highest BCUT2D eigenvalue weighted by molar-refractivity contribution is 7.22. The molecule has 0 bridgehead atoms. The average molecular weight is 528 g/mol. The number of thiazole rings is 1. The van der Waals surface area contributed by atoms with Crippen molar-refractivity contribution >= 4 is 55.0 Å². The molecular weight excluding hydrogens is 510 g/mol. The van der Waals surface area contributed by atoms with Gasteiger partial charge in [-0.25, -0.2) is 4.98 Å². The molecule has 1 unspecified atom stereocenters. The lowest BCUT2D eigenvalue weighted by Crippen LogP contribution is -2.30. The maximum Gasteiger partial charge on any atom is 0.296 e. The van der Waals surface area contributed by atoms with Crippen LogP contribution in [0.4, 0.5) is 10.8 Å². The topological polar surface area (TPSA) is 136 Å². The van der Waals surface area contributed by atoms with Crippen molar-refractivity contribution < 1.29 is 28.8 Å². The first-order valence-electron chi connectivity index (χ1n) is 11.3. The summed E-state index contributed by atoms with van der Waals surface area (Å²) in [7, 11) is 1.54. The van der Waals surface area contributed by atoms with Crippen molar-refractivity contribution in [3.8, 4) is 5.75 Å². The third-order valence-electron chi connectivity index (χ3n) is 6.31. The Morgan fingerprint density at radius 1 is 1.13 bits per heavy atom. The maximum atomic E-state index is 13.7. The fourth-order valence-corrected chi connectivity index (χ4v) is 5.50. The number of nitrogens with zero attached hydrogens (tertiary/aromatic N) is 3. The SMILES string of the molecule is COc1ccc2nc(N3C(=O)C(O)=C(C(=O)c4cc5ccccc5o4)C3c3ccc([N+](=O)[O-])cc3)sc2c1. The number of anilines is 1. The highest BCUT2D eigenvalue weighted by atomic mass is 32.1. The smallest absolute Gasteiger partial charge is 0.296 e. The minimum Gasteiger partial charge on any atom is -0.503 e. The number of aliphatic hydroxyl groups is 1. The number of hydrogen-bond acceptors (Lipinski definition) is 9. The summed E-state index contributed by atoms with van der Waals surface area (Å²) in [4.78, 5) is 43.7. The summed E-state index contributed by atoms with van der Waals surface area (Å²) in [6.45, 7) is 0. The number of aromatic nitrogens is 1. The molecule has 10 nitrogen and oxygen atoms in total.